The molecule has 1 aromatic rings. The zero-order valence-electron chi connectivity index (χ0n) is 10.9. The number of Topliss-reactive ketones (excluding diaryl/α,β-unsaturated/α-hetero) is 1. The Hall–Kier alpha value is -1.19. The molecule has 0 aliphatic rings. The molecular formula is C13H24O3. The molecule has 1 aromatic carbocycles. The van der Waals surface area contributed by atoms with Crippen molar-refractivity contribution in [2.75, 3.05) is 13.7 Å². The van der Waals surface area contributed by atoms with E-state index in [4.69, 9.17) is 10.2 Å². The normalized spacial score (nSPS) is 6.94. The minimum Gasteiger partial charge on any atom is -0.400 e. The van der Waals surface area contributed by atoms with Gasteiger partial charge in [-0.05, 0) is 13.8 Å². The van der Waals surface area contributed by atoms with Crippen LogP contribution in [0.5, 0.6) is 0 Å². The van der Waals surface area contributed by atoms with Crippen LogP contribution < -0.4 is 0 Å². The summed E-state index contributed by atoms with van der Waals surface area (Å²) in [6.07, 6.45) is 0. The number of benzene rings is 1. The summed E-state index contributed by atoms with van der Waals surface area (Å²) in [5.41, 5.74) is 0.775. The molecule has 0 aliphatic carbocycles. The van der Waals surface area contributed by atoms with Gasteiger partial charge in [0.1, 0.15) is 0 Å². The molecule has 0 fully saturated rings. The van der Waals surface area contributed by atoms with Gasteiger partial charge in [0.25, 0.3) is 0 Å². The van der Waals surface area contributed by atoms with Crippen LogP contribution in [0.1, 0.15) is 38.1 Å². The highest BCUT2D eigenvalue weighted by Crippen LogP contribution is 1.97. The fraction of sp³-hybridized carbons (Fsp3) is 0.462. The number of ketones is 1. The van der Waals surface area contributed by atoms with E-state index in [1.807, 2.05) is 44.2 Å². The van der Waals surface area contributed by atoms with E-state index in [1.54, 1.807) is 13.8 Å². The molecule has 1 rings (SSSR count). The molecule has 0 saturated carbocycles. The highest BCUT2D eigenvalue weighted by molar-refractivity contribution is 5.93. The first-order valence-electron chi connectivity index (χ1n) is 5.34. The lowest BCUT2D eigenvalue weighted by atomic mass is 10.2. The van der Waals surface area contributed by atoms with E-state index in [2.05, 4.69) is 0 Å². The monoisotopic (exact) mass is 228 g/mol. The predicted octanol–water partition coefficient (Wildman–Crippen LogP) is 2.52. The van der Waals surface area contributed by atoms with Gasteiger partial charge >= 0.3 is 0 Å². The first kappa shape index (κ1) is 20.3. The standard InChI is InChI=1S/C8H8O.C2H6O.C2H6.CH4O/c1-7(9)8-5-3-2-4-6-8;1-2-3;2*1-2/h2-6H,1H3;3H,2H2,1H3;1-2H3;2H,1H3. The third kappa shape index (κ3) is 15.3. The molecular weight excluding hydrogens is 204 g/mol. The smallest absolute Gasteiger partial charge is 0.159 e. The Labute approximate surface area is 98.8 Å². The van der Waals surface area contributed by atoms with Gasteiger partial charge in [-0.1, -0.05) is 44.2 Å². The van der Waals surface area contributed by atoms with Crippen LogP contribution >= 0.6 is 0 Å². The van der Waals surface area contributed by atoms with E-state index in [-0.39, 0.29) is 12.4 Å². The van der Waals surface area contributed by atoms with Gasteiger partial charge in [0.2, 0.25) is 0 Å². The van der Waals surface area contributed by atoms with Crippen LogP contribution in [0.25, 0.3) is 0 Å². The molecule has 2 N–H and O–H groups in total. The van der Waals surface area contributed by atoms with Crippen molar-refractivity contribution in [2.24, 2.45) is 0 Å². The Kier molecular flexibility index (Phi) is 24.5. The Balaban J connectivity index is -0.000000206. The van der Waals surface area contributed by atoms with Crippen molar-refractivity contribution in [3.63, 3.8) is 0 Å². The van der Waals surface area contributed by atoms with Crippen molar-refractivity contribution in [1.29, 1.82) is 0 Å². The molecule has 0 aliphatic heterocycles. The molecule has 3 heteroatoms. The molecule has 0 amide bonds. The van der Waals surface area contributed by atoms with Crippen molar-refractivity contribution in [2.45, 2.75) is 27.7 Å². The molecule has 0 heterocycles. The number of rotatable bonds is 1. The molecule has 16 heavy (non-hydrogen) atoms. The van der Waals surface area contributed by atoms with E-state index in [1.165, 1.54) is 0 Å². The zero-order chi connectivity index (χ0) is 13.4. The lowest BCUT2D eigenvalue weighted by molar-refractivity contribution is 0.101. The Morgan fingerprint density at radius 1 is 1.12 bits per heavy atom. The minimum atomic E-state index is 0.121. The van der Waals surface area contributed by atoms with Crippen molar-refractivity contribution < 1.29 is 15.0 Å². The summed E-state index contributed by atoms with van der Waals surface area (Å²) in [4.78, 5) is 10.6. The molecule has 0 spiro atoms. The number of carbonyl (C=O) groups excluding carboxylic acids is 1. The number of hydrogen-bond donors (Lipinski definition) is 2. The van der Waals surface area contributed by atoms with Crippen LogP contribution in [-0.4, -0.2) is 29.7 Å². The summed E-state index contributed by atoms with van der Waals surface area (Å²) in [5, 5.41) is 14.6. The van der Waals surface area contributed by atoms with Crippen LogP contribution in [0.2, 0.25) is 0 Å². The summed E-state index contributed by atoms with van der Waals surface area (Å²) in [7, 11) is 1.00. The maximum absolute atomic E-state index is 10.6. The van der Waals surface area contributed by atoms with Crippen LogP contribution in [0.4, 0.5) is 0 Å². The maximum Gasteiger partial charge on any atom is 0.159 e. The third-order valence-corrected chi connectivity index (χ3v) is 1.18. The zero-order valence-corrected chi connectivity index (χ0v) is 10.9. The average Bonchev–Trinajstić information content (AvgIpc) is 2.36. The first-order chi connectivity index (χ1) is 7.72. The maximum atomic E-state index is 10.6. The fourth-order valence-corrected chi connectivity index (χ4v) is 0.673. The summed E-state index contributed by atoms with van der Waals surface area (Å²) in [5.74, 6) is 0.121. The van der Waals surface area contributed by atoms with Crippen LogP contribution in [0, 0.1) is 0 Å². The van der Waals surface area contributed by atoms with Gasteiger partial charge in [-0.3, -0.25) is 4.79 Å². The number of carbonyl (C=O) groups is 1. The van der Waals surface area contributed by atoms with E-state index >= 15 is 0 Å². The highest BCUT2D eigenvalue weighted by atomic mass is 16.2. The van der Waals surface area contributed by atoms with Crippen molar-refractivity contribution in [3.05, 3.63) is 35.9 Å². The summed E-state index contributed by atoms with van der Waals surface area (Å²) in [6, 6.07) is 9.23. The van der Waals surface area contributed by atoms with Crippen molar-refractivity contribution in [3.8, 4) is 0 Å². The lowest BCUT2D eigenvalue weighted by Crippen LogP contribution is -1.88. The minimum absolute atomic E-state index is 0.121. The van der Waals surface area contributed by atoms with Crippen LogP contribution in [0.3, 0.4) is 0 Å². The quantitative estimate of drug-likeness (QED) is 0.726. The van der Waals surface area contributed by atoms with Gasteiger partial charge in [0.05, 0.1) is 0 Å². The molecule has 0 aromatic heterocycles. The SMILES string of the molecule is CC.CC(=O)c1ccccc1.CCO.CO. The first-order valence-corrected chi connectivity index (χ1v) is 5.34. The highest BCUT2D eigenvalue weighted by Gasteiger charge is 1.92. The predicted molar refractivity (Wildman–Crippen MR) is 68.7 cm³/mol. The molecule has 3 nitrogen and oxygen atoms in total. The van der Waals surface area contributed by atoms with Gasteiger partial charge in [-0.15, -0.1) is 0 Å². The van der Waals surface area contributed by atoms with Gasteiger partial charge in [0, 0.05) is 19.3 Å². The Bertz CT molecular complexity index is 220. The third-order valence-electron chi connectivity index (χ3n) is 1.18. The summed E-state index contributed by atoms with van der Waals surface area (Å²) in [6.45, 7) is 7.50. The second-order valence-electron chi connectivity index (χ2n) is 2.24. The van der Waals surface area contributed by atoms with Crippen molar-refractivity contribution in [1.82, 2.24) is 0 Å². The van der Waals surface area contributed by atoms with Crippen molar-refractivity contribution >= 4 is 5.78 Å². The molecule has 0 bridgehead atoms. The lowest BCUT2D eigenvalue weighted by Gasteiger charge is -1.89. The second kappa shape index (κ2) is 19.4. The molecule has 0 unspecified atom stereocenters. The van der Waals surface area contributed by atoms with Crippen LogP contribution in [0.15, 0.2) is 30.3 Å². The van der Waals surface area contributed by atoms with Gasteiger partial charge in [0.15, 0.2) is 5.78 Å². The molecule has 0 saturated heterocycles. The molecule has 0 radical (unpaired) electrons. The van der Waals surface area contributed by atoms with Gasteiger partial charge in [-0.2, -0.15) is 0 Å². The Morgan fingerprint density at radius 2 is 1.44 bits per heavy atom. The Morgan fingerprint density at radius 3 is 1.62 bits per heavy atom. The topological polar surface area (TPSA) is 57.5 Å². The average molecular weight is 228 g/mol. The van der Waals surface area contributed by atoms with Crippen LogP contribution in [-0.2, 0) is 0 Å². The van der Waals surface area contributed by atoms with E-state index in [0.29, 0.717) is 0 Å². The van der Waals surface area contributed by atoms with Gasteiger partial charge in [-0.25, -0.2) is 0 Å². The summed E-state index contributed by atoms with van der Waals surface area (Å²) < 4.78 is 0. The molecule has 94 valence electrons. The number of aliphatic hydroxyl groups excluding tert-OH is 2. The van der Waals surface area contributed by atoms with E-state index < -0.39 is 0 Å². The van der Waals surface area contributed by atoms with E-state index in [0.717, 1.165) is 12.7 Å². The van der Waals surface area contributed by atoms with Gasteiger partial charge < -0.3 is 10.2 Å². The largest absolute Gasteiger partial charge is 0.400 e. The summed E-state index contributed by atoms with van der Waals surface area (Å²) >= 11 is 0. The second-order valence-corrected chi connectivity index (χ2v) is 2.24. The number of hydrogen-bond acceptors (Lipinski definition) is 3. The fourth-order valence-electron chi connectivity index (χ4n) is 0.673. The molecule has 0 atom stereocenters. The number of aliphatic hydroxyl groups is 2. The van der Waals surface area contributed by atoms with E-state index in [9.17, 15) is 4.79 Å².